The van der Waals surface area contributed by atoms with Gasteiger partial charge in [0.15, 0.2) is 0 Å². The average molecular weight is 384 g/mol. The van der Waals surface area contributed by atoms with E-state index in [0.717, 1.165) is 0 Å². The molecule has 0 fully saturated rings. The molecule has 0 saturated heterocycles. The SMILES string of the molecule is C(Sc1ccccc1)=P(c1ccccc1)(c1ccccc1)c1ccccc1. The predicted molar refractivity (Wildman–Crippen MR) is 124 cm³/mol. The molecule has 0 aliphatic heterocycles. The van der Waals surface area contributed by atoms with Crippen molar-refractivity contribution in [1.82, 2.24) is 0 Å². The summed E-state index contributed by atoms with van der Waals surface area (Å²) in [5.41, 5.74) is 0. The first-order valence-electron chi connectivity index (χ1n) is 9.01. The Morgan fingerprint density at radius 2 is 0.778 bits per heavy atom. The third-order valence-corrected chi connectivity index (χ3v) is 10.1. The Morgan fingerprint density at radius 3 is 1.15 bits per heavy atom. The molecular formula is C25H21PS. The molecule has 2 heteroatoms. The van der Waals surface area contributed by atoms with Crippen LogP contribution in [0.5, 0.6) is 0 Å². The van der Waals surface area contributed by atoms with Crippen LogP contribution in [0.4, 0.5) is 0 Å². The van der Waals surface area contributed by atoms with E-state index in [9.17, 15) is 0 Å². The largest absolute Gasteiger partial charge is 0.0969 e. The molecule has 0 N–H and O–H groups in total. The summed E-state index contributed by atoms with van der Waals surface area (Å²) in [4.78, 5) is 1.27. The van der Waals surface area contributed by atoms with E-state index in [4.69, 9.17) is 0 Å². The van der Waals surface area contributed by atoms with Crippen LogP contribution < -0.4 is 15.9 Å². The summed E-state index contributed by atoms with van der Waals surface area (Å²) < 4.78 is 0. The van der Waals surface area contributed by atoms with Gasteiger partial charge in [-0.05, 0) is 40.1 Å². The number of rotatable bonds is 5. The zero-order valence-electron chi connectivity index (χ0n) is 15.0. The van der Waals surface area contributed by atoms with Crippen LogP contribution in [0.25, 0.3) is 0 Å². The van der Waals surface area contributed by atoms with Crippen LogP contribution in [0.15, 0.2) is 126 Å². The molecule has 0 atom stereocenters. The molecule has 0 aromatic heterocycles. The Morgan fingerprint density at radius 1 is 0.444 bits per heavy atom. The summed E-state index contributed by atoms with van der Waals surface area (Å²) in [7, 11) is 0. The normalized spacial score (nSPS) is 11.1. The van der Waals surface area contributed by atoms with Crippen molar-refractivity contribution in [2.75, 3.05) is 0 Å². The Bertz CT molecular complexity index is 923. The number of thioether (sulfide) groups is 1. The van der Waals surface area contributed by atoms with E-state index in [2.05, 4.69) is 126 Å². The molecule has 0 saturated carbocycles. The maximum atomic E-state index is 2.49. The lowest BCUT2D eigenvalue weighted by Crippen LogP contribution is -2.26. The topological polar surface area (TPSA) is 0 Å². The third kappa shape index (κ3) is 3.81. The van der Waals surface area contributed by atoms with Crippen molar-refractivity contribution in [1.29, 1.82) is 0 Å². The standard InChI is InChI=1S/C25H21PS/c1-5-13-22(14-6-1)26(23-15-7-2-8-16-23,24-17-9-3-10-18-24)21-27-25-19-11-4-12-20-25/h1-21H. The van der Waals surface area contributed by atoms with Crippen molar-refractivity contribution in [2.45, 2.75) is 4.90 Å². The fourth-order valence-corrected chi connectivity index (χ4v) is 8.97. The quantitative estimate of drug-likeness (QED) is 0.322. The average Bonchev–Trinajstić information content (AvgIpc) is 2.77. The summed E-state index contributed by atoms with van der Waals surface area (Å²) in [6.45, 7) is -1.88. The maximum Gasteiger partial charge on any atom is 0.0116 e. The first-order chi connectivity index (χ1) is 13.4. The van der Waals surface area contributed by atoms with Gasteiger partial charge in [0.05, 0.1) is 0 Å². The van der Waals surface area contributed by atoms with Gasteiger partial charge < -0.3 is 0 Å². The molecule has 0 unspecified atom stereocenters. The first-order valence-corrected chi connectivity index (χ1v) is 11.7. The second kappa shape index (κ2) is 8.48. The third-order valence-electron chi connectivity index (χ3n) is 4.58. The molecule has 4 aromatic rings. The molecule has 0 nitrogen and oxygen atoms in total. The van der Waals surface area contributed by atoms with Crippen molar-refractivity contribution < 1.29 is 0 Å². The van der Waals surface area contributed by atoms with Gasteiger partial charge in [-0.3, -0.25) is 0 Å². The fourth-order valence-electron chi connectivity index (χ4n) is 3.26. The highest BCUT2D eigenvalue weighted by Gasteiger charge is 2.24. The highest BCUT2D eigenvalue weighted by molar-refractivity contribution is 8.22. The van der Waals surface area contributed by atoms with Gasteiger partial charge in [-0.1, -0.05) is 121 Å². The number of hydrogen-bond donors (Lipinski definition) is 0. The minimum absolute atomic E-state index is 1.27. The van der Waals surface area contributed by atoms with Crippen LogP contribution in [-0.4, -0.2) is 5.13 Å². The van der Waals surface area contributed by atoms with E-state index in [0.29, 0.717) is 0 Å². The Hall–Kier alpha value is -2.47. The molecule has 0 amide bonds. The first kappa shape index (κ1) is 17.9. The summed E-state index contributed by atoms with van der Waals surface area (Å²) in [6, 6.07) is 43.5. The summed E-state index contributed by atoms with van der Waals surface area (Å²) in [6.07, 6.45) is 0. The van der Waals surface area contributed by atoms with Gasteiger partial charge in [0.1, 0.15) is 0 Å². The van der Waals surface area contributed by atoms with E-state index in [1.165, 1.54) is 20.8 Å². The zero-order chi connectivity index (χ0) is 18.4. The predicted octanol–water partition coefficient (Wildman–Crippen LogP) is 5.53. The molecular weight excluding hydrogens is 363 g/mol. The van der Waals surface area contributed by atoms with Crippen molar-refractivity contribution >= 4 is 39.7 Å². The molecule has 4 rings (SSSR count). The zero-order valence-corrected chi connectivity index (χ0v) is 16.7. The minimum atomic E-state index is -1.88. The molecule has 132 valence electrons. The lowest BCUT2D eigenvalue weighted by atomic mass is 10.4. The number of benzene rings is 4. The monoisotopic (exact) mass is 384 g/mol. The number of hydrogen-bond acceptors (Lipinski definition) is 1. The van der Waals surface area contributed by atoms with Gasteiger partial charge in [-0.25, -0.2) is 0 Å². The molecule has 27 heavy (non-hydrogen) atoms. The molecule has 0 heterocycles. The van der Waals surface area contributed by atoms with E-state index in [1.54, 1.807) is 0 Å². The fraction of sp³-hybridized carbons (Fsp3) is 0. The maximum absolute atomic E-state index is 2.49. The van der Waals surface area contributed by atoms with Gasteiger partial charge in [-0.2, -0.15) is 0 Å². The van der Waals surface area contributed by atoms with Crippen molar-refractivity contribution in [3.8, 4) is 0 Å². The van der Waals surface area contributed by atoms with Crippen LogP contribution >= 0.6 is 18.6 Å². The van der Waals surface area contributed by atoms with Crippen LogP contribution in [0.3, 0.4) is 0 Å². The van der Waals surface area contributed by atoms with Crippen molar-refractivity contribution in [3.63, 3.8) is 0 Å². The van der Waals surface area contributed by atoms with Crippen LogP contribution in [0.1, 0.15) is 0 Å². The lowest BCUT2D eigenvalue weighted by Gasteiger charge is -2.28. The molecule has 0 spiro atoms. The van der Waals surface area contributed by atoms with Gasteiger partial charge in [0.25, 0.3) is 0 Å². The van der Waals surface area contributed by atoms with Crippen molar-refractivity contribution in [2.24, 2.45) is 0 Å². The molecule has 4 aromatic carbocycles. The van der Waals surface area contributed by atoms with Crippen LogP contribution in [0, 0.1) is 0 Å². The van der Waals surface area contributed by atoms with Crippen LogP contribution in [0.2, 0.25) is 0 Å². The molecule has 0 bridgehead atoms. The highest BCUT2D eigenvalue weighted by Crippen LogP contribution is 2.45. The van der Waals surface area contributed by atoms with Gasteiger partial charge in [0.2, 0.25) is 0 Å². The van der Waals surface area contributed by atoms with Crippen LogP contribution in [-0.2, 0) is 0 Å². The smallest absolute Gasteiger partial charge is 0.0116 e. The second-order valence-electron chi connectivity index (χ2n) is 6.27. The Balaban J connectivity index is 2.00. The molecule has 0 aliphatic carbocycles. The summed E-state index contributed by atoms with van der Waals surface area (Å²) >= 11 is 1.84. The summed E-state index contributed by atoms with van der Waals surface area (Å²) in [5, 5.41) is 6.63. The Labute approximate surface area is 165 Å². The van der Waals surface area contributed by atoms with E-state index < -0.39 is 6.89 Å². The Kier molecular flexibility index (Phi) is 5.63. The minimum Gasteiger partial charge on any atom is -0.0969 e. The van der Waals surface area contributed by atoms with E-state index in [-0.39, 0.29) is 0 Å². The molecule has 0 radical (unpaired) electrons. The molecule has 0 aliphatic rings. The van der Waals surface area contributed by atoms with Crippen molar-refractivity contribution in [3.05, 3.63) is 121 Å². The van der Waals surface area contributed by atoms with Gasteiger partial charge >= 0.3 is 0 Å². The lowest BCUT2D eigenvalue weighted by molar-refractivity contribution is 1.48. The van der Waals surface area contributed by atoms with Gasteiger partial charge in [-0.15, -0.1) is 0 Å². The highest BCUT2D eigenvalue weighted by atomic mass is 32.2. The van der Waals surface area contributed by atoms with E-state index >= 15 is 0 Å². The van der Waals surface area contributed by atoms with E-state index in [1.807, 2.05) is 11.8 Å². The van der Waals surface area contributed by atoms with Gasteiger partial charge in [0, 0.05) is 4.90 Å². The summed E-state index contributed by atoms with van der Waals surface area (Å²) in [5.74, 6) is 0. The second-order valence-corrected chi connectivity index (χ2v) is 10.8.